The van der Waals surface area contributed by atoms with Crippen LogP contribution in [0.25, 0.3) is 0 Å². The maximum Gasteiger partial charge on any atom is 0.326 e. The Morgan fingerprint density at radius 2 is 2.00 bits per heavy atom. The van der Waals surface area contributed by atoms with Gasteiger partial charge in [0, 0.05) is 37.0 Å². The minimum Gasteiger partial charge on any atom is -0.324 e. The van der Waals surface area contributed by atoms with Crippen molar-refractivity contribution < 1.29 is 18.0 Å². The zero-order valence-corrected chi connectivity index (χ0v) is 17.4. The Kier molecular flexibility index (Phi) is 4.97. The minimum absolute atomic E-state index is 0.196. The van der Waals surface area contributed by atoms with Gasteiger partial charge in [-0.2, -0.15) is 0 Å². The molecule has 0 bridgehead atoms. The van der Waals surface area contributed by atoms with Gasteiger partial charge in [0.05, 0.1) is 11.2 Å². The summed E-state index contributed by atoms with van der Waals surface area (Å²) >= 11 is 1.57. The largest absolute Gasteiger partial charge is 0.326 e. The molecule has 8 nitrogen and oxygen atoms in total. The number of urea groups is 1. The monoisotopic (exact) mass is 416 g/mol. The standard InChI is InChI=1S/C17H28N4O4S2/c1-17(6-7-17)19-27(24,25)12-3-4-14-13(9-12)15(22)21(16(23)20(14)2)10-11-5-8-18-26-11/h11-14,18-19H,3-10H2,1-2H3. The number of fused-ring (bicyclic) bond motifs is 1. The minimum atomic E-state index is -3.46. The molecule has 2 aliphatic heterocycles. The normalized spacial score (nSPS) is 36.1. The number of nitrogens with one attached hydrogen (secondary N) is 2. The lowest BCUT2D eigenvalue weighted by molar-refractivity contribution is -0.139. The predicted molar refractivity (Wildman–Crippen MR) is 103 cm³/mol. The molecule has 2 saturated heterocycles. The highest BCUT2D eigenvalue weighted by atomic mass is 32.2. The Bertz CT molecular complexity index is 733. The van der Waals surface area contributed by atoms with Gasteiger partial charge in [-0.15, -0.1) is 0 Å². The maximum atomic E-state index is 13.1. The first kappa shape index (κ1) is 19.5. The Morgan fingerprint density at radius 1 is 1.26 bits per heavy atom. The third-order valence-corrected chi connectivity index (χ3v) is 9.58. The molecule has 4 aliphatic rings. The molecule has 0 aromatic heterocycles. The van der Waals surface area contributed by atoms with E-state index in [-0.39, 0.29) is 28.8 Å². The molecule has 2 saturated carbocycles. The van der Waals surface area contributed by atoms with Gasteiger partial charge < -0.3 is 4.90 Å². The second-order valence-corrected chi connectivity index (χ2v) is 11.7. The van der Waals surface area contributed by atoms with Crippen molar-refractivity contribution in [1.82, 2.24) is 19.2 Å². The number of nitrogens with zero attached hydrogens (tertiary/aromatic N) is 2. The lowest BCUT2D eigenvalue weighted by Gasteiger charge is -2.47. The van der Waals surface area contributed by atoms with Crippen LogP contribution in [0.1, 0.15) is 45.4 Å². The molecule has 4 rings (SSSR count). The number of amides is 3. The number of imide groups is 1. The molecule has 2 aliphatic carbocycles. The fourth-order valence-corrected chi connectivity index (χ4v) is 7.32. The second kappa shape index (κ2) is 6.89. The van der Waals surface area contributed by atoms with Gasteiger partial charge in [0.2, 0.25) is 15.9 Å². The van der Waals surface area contributed by atoms with Crippen LogP contribution < -0.4 is 9.44 Å². The van der Waals surface area contributed by atoms with Crippen LogP contribution in [0.4, 0.5) is 4.79 Å². The van der Waals surface area contributed by atoms with Crippen LogP contribution in [0.3, 0.4) is 0 Å². The Labute approximate surface area is 165 Å². The first-order valence-electron chi connectivity index (χ1n) is 9.70. The third-order valence-electron chi connectivity index (χ3n) is 6.41. The molecule has 4 fully saturated rings. The number of hydrogen-bond acceptors (Lipinski definition) is 6. The van der Waals surface area contributed by atoms with Gasteiger partial charge in [-0.3, -0.25) is 14.4 Å². The van der Waals surface area contributed by atoms with Crippen molar-refractivity contribution in [3.8, 4) is 0 Å². The molecule has 0 radical (unpaired) electrons. The van der Waals surface area contributed by atoms with Crippen molar-refractivity contribution in [1.29, 1.82) is 0 Å². The molecule has 4 atom stereocenters. The molecule has 0 aromatic rings. The lowest BCUT2D eigenvalue weighted by Crippen LogP contribution is -2.63. The quantitative estimate of drug-likeness (QED) is 0.646. The Morgan fingerprint density at radius 3 is 2.63 bits per heavy atom. The topological polar surface area (TPSA) is 98.8 Å². The second-order valence-electron chi connectivity index (χ2n) is 8.58. The van der Waals surface area contributed by atoms with Gasteiger partial charge in [0.1, 0.15) is 0 Å². The summed E-state index contributed by atoms with van der Waals surface area (Å²) in [5, 5.41) is -0.367. The van der Waals surface area contributed by atoms with E-state index in [1.54, 1.807) is 23.9 Å². The fourth-order valence-electron chi connectivity index (χ4n) is 4.43. The zero-order chi connectivity index (χ0) is 19.4. The molecule has 152 valence electrons. The summed E-state index contributed by atoms with van der Waals surface area (Å²) in [6.07, 6.45) is 3.97. The van der Waals surface area contributed by atoms with Gasteiger partial charge in [-0.1, -0.05) is 11.9 Å². The van der Waals surface area contributed by atoms with E-state index in [1.165, 1.54) is 4.90 Å². The molecule has 27 heavy (non-hydrogen) atoms. The summed E-state index contributed by atoms with van der Waals surface area (Å²) in [5.41, 5.74) is -0.308. The highest BCUT2D eigenvalue weighted by Gasteiger charge is 2.51. The highest BCUT2D eigenvalue weighted by molar-refractivity contribution is 7.98. The molecular weight excluding hydrogens is 388 g/mol. The average molecular weight is 417 g/mol. The summed E-state index contributed by atoms with van der Waals surface area (Å²) in [4.78, 5) is 28.8. The van der Waals surface area contributed by atoms with Crippen molar-refractivity contribution in [3.63, 3.8) is 0 Å². The zero-order valence-electron chi connectivity index (χ0n) is 15.8. The van der Waals surface area contributed by atoms with Crippen molar-refractivity contribution >= 4 is 33.9 Å². The van der Waals surface area contributed by atoms with Crippen molar-refractivity contribution in [2.45, 2.75) is 67.5 Å². The first-order chi connectivity index (χ1) is 12.7. The van der Waals surface area contributed by atoms with E-state index in [4.69, 9.17) is 0 Å². The third kappa shape index (κ3) is 3.73. The van der Waals surface area contributed by atoms with E-state index < -0.39 is 21.2 Å². The molecule has 2 heterocycles. The summed E-state index contributed by atoms with van der Waals surface area (Å²) in [6, 6.07) is -0.447. The molecule has 4 unspecified atom stereocenters. The smallest absolute Gasteiger partial charge is 0.324 e. The number of hydrogen-bond donors (Lipinski definition) is 2. The first-order valence-corrected chi connectivity index (χ1v) is 12.1. The SMILES string of the molecule is CN1C(=O)N(CC2CCNS2)C(=O)C2CC(S(=O)(=O)NC3(C)CC3)CCC21. The van der Waals surface area contributed by atoms with Gasteiger partial charge >= 0.3 is 6.03 Å². The lowest BCUT2D eigenvalue weighted by atomic mass is 9.81. The van der Waals surface area contributed by atoms with E-state index in [0.717, 1.165) is 25.8 Å². The van der Waals surface area contributed by atoms with E-state index in [0.29, 0.717) is 25.8 Å². The van der Waals surface area contributed by atoms with Crippen LogP contribution in [0.5, 0.6) is 0 Å². The Hall–Kier alpha value is -0.840. The number of carbonyl (C=O) groups excluding carboxylic acids is 2. The molecule has 10 heteroatoms. The summed E-state index contributed by atoms with van der Waals surface area (Å²) in [7, 11) is -1.73. The number of sulfonamides is 1. The van der Waals surface area contributed by atoms with Crippen LogP contribution in [0.15, 0.2) is 0 Å². The number of rotatable bonds is 5. The van der Waals surface area contributed by atoms with E-state index in [9.17, 15) is 18.0 Å². The molecule has 2 N–H and O–H groups in total. The molecule has 0 spiro atoms. The molecule has 3 amide bonds. The van der Waals surface area contributed by atoms with Crippen LogP contribution in [0.2, 0.25) is 0 Å². The number of carbonyl (C=O) groups is 2. The fraction of sp³-hybridized carbons (Fsp3) is 0.882. The van der Waals surface area contributed by atoms with Crippen molar-refractivity contribution in [2.75, 3.05) is 20.1 Å². The van der Waals surface area contributed by atoms with Gasteiger partial charge in [0.15, 0.2) is 0 Å². The van der Waals surface area contributed by atoms with Crippen LogP contribution in [-0.4, -0.2) is 72.4 Å². The summed E-state index contributed by atoms with van der Waals surface area (Å²) in [5.74, 6) is -0.637. The van der Waals surface area contributed by atoms with Gasteiger partial charge in [-0.25, -0.2) is 17.9 Å². The van der Waals surface area contributed by atoms with E-state index in [2.05, 4.69) is 9.44 Å². The van der Waals surface area contributed by atoms with E-state index >= 15 is 0 Å². The maximum absolute atomic E-state index is 13.1. The summed E-state index contributed by atoms with van der Waals surface area (Å²) < 4.78 is 31.6. The van der Waals surface area contributed by atoms with Crippen LogP contribution >= 0.6 is 11.9 Å². The van der Waals surface area contributed by atoms with Gasteiger partial charge in [-0.05, 0) is 45.4 Å². The predicted octanol–water partition coefficient (Wildman–Crippen LogP) is 0.900. The van der Waals surface area contributed by atoms with E-state index in [1.807, 2.05) is 6.92 Å². The highest BCUT2D eigenvalue weighted by Crippen LogP contribution is 2.40. The summed E-state index contributed by atoms with van der Waals surface area (Å²) in [6.45, 7) is 3.18. The molecular formula is C17H28N4O4S2. The molecule has 0 aromatic carbocycles. The van der Waals surface area contributed by atoms with Crippen LogP contribution in [0, 0.1) is 5.92 Å². The van der Waals surface area contributed by atoms with Crippen molar-refractivity contribution in [2.24, 2.45) is 5.92 Å². The average Bonchev–Trinajstić information content (AvgIpc) is 3.12. The Balaban J connectivity index is 1.50. The van der Waals surface area contributed by atoms with Gasteiger partial charge in [0.25, 0.3) is 0 Å². The van der Waals surface area contributed by atoms with Crippen molar-refractivity contribution in [3.05, 3.63) is 0 Å². The van der Waals surface area contributed by atoms with Crippen LogP contribution in [-0.2, 0) is 14.8 Å².